The summed E-state index contributed by atoms with van der Waals surface area (Å²) in [5.74, 6) is -0.581. The Morgan fingerprint density at radius 2 is 1.40 bits per heavy atom. The molecule has 0 heterocycles. The predicted octanol–water partition coefficient (Wildman–Crippen LogP) is 2.80. The first kappa shape index (κ1) is 19.9. The van der Waals surface area contributed by atoms with Gasteiger partial charge in [-0.3, -0.25) is 4.18 Å². The van der Waals surface area contributed by atoms with Gasteiger partial charge in [-0.1, -0.05) is 29.3 Å². The maximum absolute atomic E-state index is 12.0. The van der Waals surface area contributed by atoms with Crippen molar-refractivity contribution in [3.8, 4) is 0 Å². The monoisotopic (exact) mass is 404 g/mol. The first-order valence-corrected chi connectivity index (χ1v) is 10.7. The van der Waals surface area contributed by atoms with Crippen LogP contribution in [0.2, 0.25) is 5.02 Å². The Kier molecular flexibility index (Phi) is 6.59. The van der Waals surface area contributed by atoms with Gasteiger partial charge in [-0.25, -0.2) is 8.42 Å². The molecule has 0 aliphatic heterocycles. The normalized spacial score (nSPS) is 12.2. The van der Waals surface area contributed by atoms with Gasteiger partial charge >= 0.3 is 0 Å². The van der Waals surface area contributed by atoms with Crippen LogP contribution in [0, 0.1) is 6.92 Å². The summed E-state index contributed by atoms with van der Waals surface area (Å²) in [5, 5.41) is 0.426. The van der Waals surface area contributed by atoms with E-state index < -0.39 is 25.9 Å². The molecule has 9 heteroatoms. The summed E-state index contributed by atoms with van der Waals surface area (Å²) >= 11 is 5.71. The number of hydrogen-bond acceptors (Lipinski definition) is 6. The Bertz CT molecular complexity index is 827. The van der Waals surface area contributed by atoms with Gasteiger partial charge in [-0.2, -0.15) is 8.42 Å². The fraction of sp³-hybridized carbons (Fsp3) is 0.250. The third kappa shape index (κ3) is 5.79. The second kappa shape index (κ2) is 8.29. The highest BCUT2D eigenvalue weighted by atomic mass is 35.5. The van der Waals surface area contributed by atoms with E-state index in [4.69, 9.17) is 20.5 Å². The lowest BCUT2D eigenvalue weighted by atomic mass is 10.2. The minimum Gasteiger partial charge on any atom is -0.363 e. The lowest BCUT2D eigenvalue weighted by molar-refractivity contribution is 0.134. The molecular weight excluding hydrogens is 388 g/mol. The Morgan fingerprint density at radius 1 is 0.840 bits per heavy atom. The molecule has 0 aliphatic carbocycles. The standard InChI is InChI=1S/C16H17ClO6S2/c1-13-2-6-16(7-3-13)25(20,21)23-11-10-22-12-24(18,19)15-8-4-14(17)5-9-15/h2-9H,10-12H2,1H3. The molecule has 136 valence electrons. The van der Waals surface area contributed by atoms with Crippen LogP contribution in [-0.2, 0) is 28.9 Å². The Morgan fingerprint density at radius 3 is 2.00 bits per heavy atom. The van der Waals surface area contributed by atoms with Crippen molar-refractivity contribution in [2.75, 3.05) is 19.2 Å². The highest BCUT2D eigenvalue weighted by Gasteiger charge is 2.16. The van der Waals surface area contributed by atoms with Crippen LogP contribution in [0.3, 0.4) is 0 Å². The molecule has 0 aromatic heterocycles. The van der Waals surface area contributed by atoms with Gasteiger partial charge in [0.05, 0.1) is 23.0 Å². The van der Waals surface area contributed by atoms with Crippen molar-refractivity contribution in [2.24, 2.45) is 0 Å². The zero-order valence-corrected chi connectivity index (χ0v) is 15.8. The third-order valence-corrected chi connectivity index (χ3v) is 6.23. The Hall–Kier alpha value is -1.45. The average molecular weight is 405 g/mol. The van der Waals surface area contributed by atoms with Crippen LogP contribution in [-0.4, -0.2) is 36.0 Å². The Labute approximate surface area is 152 Å². The molecule has 2 aromatic carbocycles. The summed E-state index contributed by atoms with van der Waals surface area (Å²) in [4.78, 5) is 0.108. The van der Waals surface area contributed by atoms with E-state index >= 15 is 0 Å². The van der Waals surface area contributed by atoms with E-state index in [9.17, 15) is 16.8 Å². The third-order valence-electron chi connectivity index (χ3n) is 3.19. The van der Waals surface area contributed by atoms with Crippen molar-refractivity contribution in [3.63, 3.8) is 0 Å². The van der Waals surface area contributed by atoms with Gasteiger partial charge in [0.1, 0.15) is 0 Å². The van der Waals surface area contributed by atoms with Crippen molar-refractivity contribution < 1.29 is 25.8 Å². The summed E-state index contributed by atoms with van der Waals surface area (Å²) in [7, 11) is -7.53. The maximum Gasteiger partial charge on any atom is 0.297 e. The number of hydrogen-bond donors (Lipinski definition) is 0. The zero-order valence-electron chi connectivity index (χ0n) is 13.4. The molecular formula is C16H17ClO6S2. The minimum atomic E-state index is -3.89. The van der Waals surface area contributed by atoms with Crippen molar-refractivity contribution in [1.29, 1.82) is 0 Å². The van der Waals surface area contributed by atoms with Crippen LogP contribution in [0.1, 0.15) is 5.56 Å². The van der Waals surface area contributed by atoms with E-state index in [0.717, 1.165) is 5.56 Å². The molecule has 0 fully saturated rings. The first-order valence-electron chi connectivity index (χ1n) is 7.23. The second-order valence-electron chi connectivity index (χ2n) is 5.18. The minimum absolute atomic E-state index is 0.0342. The SMILES string of the molecule is Cc1ccc(S(=O)(=O)OCCOCS(=O)(=O)c2ccc(Cl)cc2)cc1. The molecule has 2 rings (SSSR count). The van der Waals surface area contributed by atoms with Crippen molar-refractivity contribution in [2.45, 2.75) is 16.7 Å². The highest BCUT2D eigenvalue weighted by molar-refractivity contribution is 7.91. The van der Waals surface area contributed by atoms with Crippen LogP contribution in [0.25, 0.3) is 0 Å². The number of ether oxygens (including phenoxy) is 1. The van der Waals surface area contributed by atoms with Crippen LogP contribution < -0.4 is 0 Å². The van der Waals surface area contributed by atoms with Gasteiger partial charge < -0.3 is 4.74 Å². The molecule has 25 heavy (non-hydrogen) atoms. The topological polar surface area (TPSA) is 86.7 Å². The van der Waals surface area contributed by atoms with Crippen LogP contribution in [0.4, 0.5) is 0 Å². The summed E-state index contributed by atoms with van der Waals surface area (Å²) in [6, 6.07) is 11.9. The zero-order chi connectivity index (χ0) is 18.5. The summed E-state index contributed by atoms with van der Waals surface area (Å²) in [6.45, 7) is 1.37. The van der Waals surface area contributed by atoms with E-state index in [0.29, 0.717) is 5.02 Å². The fourth-order valence-corrected chi connectivity index (χ4v) is 3.90. The molecule has 0 amide bonds. The number of benzene rings is 2. The van der Waals surface area contributed by atoms with E-state index in [1.165, 1.54) is 36.4 Å². The molecule has 6 nitrogen and oxygen atoms in total. The van der Waals surface area contributed by atoms with Gasteiger partial charge in [0.25, 0.3) is 10.1 Å². The maximum atomic E-state index is 12.0. The highest BCUT2D eigenvalue weighted by Crippen LogP contribution is 2.16. The first-order chi connectivity index (χ1) is 11.7. The molecule has 0 aliphatic rings. The molecule has 0 bridgehead atoms. The molecule has 0 spiro atoms. The lowest BCUT2D eigenvalue weighted by Gasteiger charge is -2.08. The van der Waals surface area contributed by atoms with E-state index in [1.807, 2.05) is 6.92 Å². The molecule has 0 radical (unpaired) electrons. The van der Waals surface area contributed by atoms with Gasteiger partial charge in [-0.05, 0) is 43.3 Å². The predicted molar refractivity (Wildman–Crippen MR) is 93.8 cm³/mol. The second-order valence-corrected chi connectivity index (χ2v) is 9.17. The number of rotatable bonds is 8. The van der Waals surface area contributed by atoms with Crippen molar-refractivity contribution in [3.05, 3.63) is 59.1 Å². The summed E-state index contributed by atoms with van der Waals surface area (Å²) < 4.78 is 57.8. The molecule has 0 saturated heterocycles. The van der Waals surface area contributed by atoms with Gasteiger partial charge in [0.15, 0.2) is 5.94 Å². The molecule has 0 saturated carbocycles. The quantitative estimate of drug-likeness (QED) is 0.496. The van der Waals surface area contributed by atoms with Gasteiger partial charge in [-0.15, -0.1) is 0 Å². The summed E-state index contributed by atoms with van der Waals surface area (Å²) in [6.07, 6.45) is 0. The largest absolute Gasteiger partial charge is 0.363 e. The molecule has 0 atom stereocenters. The fourth-order valence-electron chi connectivity index (χ4n) is 1.85. The molecule has 2 aromatic rings. The average Bonchev–Trinajstić information content (AvgIpc) is 2.55. The summed E-state index contributed by atoms with van der Waals surface area (Å²) in [5.41, 5.74) is 0.926. The van der Waals surface area contributed by atoms with Crippen LogP contribution in [0.15, 0.2) is 58.3 Å². The van der Waals surface area contributed by atoms with Crippen LogP contribution in [0.5, 0.6) is 0 Å². The van der Waals surface area contributed by atoms with Gasteiger partial charge in [0, 0.05) is 5.02 Å². The smallest absolute Gasteiger partial charge is 0.297 e. The number of sulfone groups is 1. The van der Waals surface area contributed by atoms with Crippen molar-refractivity contribution in [1.82, 2.24) is 0 Å². The Balaban J connectivity index is 1.83. The van der Waals surface area contributed by atoms with E-state index in [1.54, 1.807) is 12.1 Å². The number of halogens is 1. The molecule has 0 unspecified atom stereocenters. The lowest BCUT2D eigenvalue weighted by Crippen LogP contribution is -2.15. The van der Waals surface area contributed by atoms with Gasteiger partial charge in [0.2, 0.25) is 9.84 Å². The van der Waals surface area contributed by atoms with Crippen molar-refractivity contribution >= 4 is 31.6 Å². The molecule has 0 N–H and O–H groups in total. The number of aryl methyl sites for hydroxylation is 1. The van der Waals surface area contributed by atoms with E-state index in [2.05, 4.69) is 0 Å². The van der Waals surface area contributed by atoms with E-state index in [-0.39, 0.29) is 23.0 Å². The van der Waals surface area contributed by atoms with Crippen LogP contribution >= 0.6 is 11.6 Å².